The van der Waals surface area contributed by atoms with Gasteiger partial charge in [0, 0.05) is 25.7 Å². The summed E-state index contributed by atoms with van der Waals surface area (Å²) in [7, 11) is 0. The average molecular weight is 779 g/mol. The van der Waals surface area contributed by atoms with Crippen LogP contribution in [0.3, 0.4) is 0 Å². The van der Waals surface area contributed by atoms with Crippen LogP contribution in [0.2, 0.25) is 0 Å². The first kappa shape index (κ1) is 39.7. The van der Waals surface area contributed by atoms with Crippen LogP contribution < -0.4 is 0 Å². The first-order valence-corrected chi connectivity index (χ1v) is 22.1. The molecule has 0 radical (unpaired) electrons. The Morgan fingerprint density at radius 1 is 0.786 bits per heavy atom. The Hall–Kier alpha value is -1.70. The van der Waals surface area contributed by atoms with Crippen molar-refractivity contribution in [3.8, 4) is 0 Å². The van der Waals surface area contributed by atoms with Crippen molar-refractivity contribution < 1.29 is 48.1 Å². The lowest BCUT2D eigenvalue weighted by molar-refractivity contribution is -0.292. The zero-order chi connectivity index (χ0) is 38.7. The maximum absolute atomic E-state index is 10.3. The zero-order valence-electron chi connectivity index (χ0n) is 33.8. The molecule has 9 fully saturated rings. The van der Waals surface area contributed by atoms with Crippen molar-refractivity contribution in [2.75, 3.05) is 6.61 Å². The lowest BCUT2D eigenvalue weighted by Crippen LogP contribution is -2.61. The summed E-state index contributed by atoms with van der Waals surface area (Å²) in [5.74, 6) is 0.150. The third kappa shape index (κ3) is 7.75. The van der Waals surface area contributed by atoms with Gasteiger partial charge < -0.3 is 48.1 Å². The SMILES string of the molecule is C=C1C[C@H](CC[C@@]23CC4OC5[C@@H](O2)[C@H]2O[C@@H](CC)CC[C@@H]2O[C@H]5[C@H]4O3)OC1CC[C@H]1C[C@@H](C)C(=C)C(C[C@@H]2O[C@H](C[C@H](O)CO)[C@H](C)[C@H]2Cc2ccccc2)O1. The van der Waals surface area contributed by atoms with Gasteiger partial charge in [-0.15, -0.1) is 0 Å². The van der Waals surface area contributed by atoms with E-state index in [1.807, 2.05) is 6.07 Å². The summed E-state index contributed by atoms with van der Waals surface area (Å²) in [6.45, 7) is 15.4. The Labute approximate surface area is 333 Å². The highest BCUT2D eigenvalue weighted by atomic mass is 16.8. The van der Waals surface area contributed by atoms with E-state index in [1.54, 1.807) is 0 Å². The van der Waals surface area contributed by atoms with E-state index in [1.165, 1.54) is 5.56 Å². The van der Waals surface area contributed by atoms with Gasteiger partial charge in [-0.3, -0.25) is 0 Å². The summed E-state index contributed by atoms with van der Waals surface area (Å²) in [6.07, 6.45) is 9.80. The quantitative estimate of drug-likeness (QED) is 0.206. The molecule has 0 saturated carbocycles. The summed E-state index contributed by atoms with van der Waals surface area (Å²) in [5, 5.41) is 19.9. The summed E-state index contributed by atoms with van der Waals surface area (Å²) in [4.78, 5) is 0. The van der Waals surface area contributed by atoms with Gasteiger partial charge in [-0.1, -0.05) is 64.3 Å². The third-order valence-corrected chi connectivity index (χ3v) is 15.0. The van der Waals surface area contributed by atoms with Crippen molar-refractivity contribution in [3.05, 3.63) is 60.2 Å². The van der Waals surface area contributed by atoms with Gasteiger partial charge in [0.2, 0.25) is 0 Å². The fourth-order valence-electron chi connectivity index (χ4n) is 11.7. The average Bonchev–Trinajstić information content (AvgIpc) is 3.87. The Balaban J connectivity index is 0.794. The van der Waals surface area contributed by atoms with E-state index in [-0.39, 0.29) is 104 Å². The fourth-order valence-corrected chi connectivity index (χ4v) is 11.7. The molecule has 6 bridgehead atoms. The summed E-state index contributed by atoms with van der Waals surface area (Å²) < 4.78 is 53.8. The molecule has 9 saturated heterocycles. The van der Waals surface area contributed by atoms with Crippen molar-refractivity contribution in [1.82, 2.24) is 0 Å². The van der Waals surface area contributed by atoms with Crippen LogP contribution in [0.4, 0.5) is 0 Å². The third-order valence-electron chi connectivity index (χ3n) is 15.0. The molecule has 10 nitrogen and oxygen atoms in total. The molecule has 1 aromatic rings. The smallest absolute Gasteiger partial charge is 0.172 e. The van der Waals surface area contributed by atoms with Crippen LogP contribution in [-0.2, 0) is 44.3 Å². The molecular formula is C46H66O10. The Morgan fingerprint density at radius 3 is 2.36 bits per heavy atom. The van der Waals surface area contributed by atoms with E-state index in [0.717, 1.165) is 88.2 Å². The van der Waals surface area contributed by atoms with E-state index >= 15 is 0 Å². The molecule has 0 aliphatic carbocycles. The predicted octanol–water partition coefficient (Wildman–Crippen LogP) is 6.38. The van der Waals surface area contributed by atoms with E-state index in [2.05, 4.69) is 58.2 Å². The molecule has 1 aromatic carbocycles. The van der Waals surface area contributed by atoms with Gasteiger partial charge in [-0.05, 0) is 92.3 Å². The van der Waals surface area contributed by atoms with Crippen molar-refractivity contribution in [2.45, 2.75) is 202 Å². The first-order valence-electron chi connectivity index (χ1n) is 22.1. The van der Waals surface area contributed by atoms with Gasteiger partial charge in [-0.2, -0.15) is 0 Å². The molecule has 0 spiro atoms. The number of rotatable bonds is 14. The second kappa shape index (κ2) is 16.4. The van der Waals surface area contributed by atoms with Crippen LogP contribution in [0.15, 0.2) is 54.6 Å². The Morgan fingerprint density at radius 2 is 1.55 bits per heavy atom. The van der Waals surface area contributed by atoms with Crippen molar-refractivity contribution in [3.63, 3.8) is 0 Å². The molecule has 9 aliphatic heterocycles. The first-order chi connectivity index (χ1) is 27.1. The number of hydrogen-bond acceptors (Lipinski definition) is 10. The van der Waals surface area contributed by atoms with Gasteiger partial charge in [0.25, 0.3) is 0 Å². The molecule has 9 heterocycles. The van der Waals surface area contributed by atoms with Crippen molar-refractivity contribution in [2.24, 2.45) is 17.8 Å². The molecule has 9 aliphatic rings. The molecule has 310 valence electrons. The van der Waals surface area contributed by atoms with Crippen LogP contribution in [-0.4, -0.2) is 114 Å². The highest BCUT2D eigenvalue weighted by molar-refractivity contribution is 5.18. The van der Waals surface area contributed by atoms with E-state index in [4.69, 9.17) is 37.9 Å². The fraction of sp³-hybridized carbons (Fsp3) is 0.783. The number of hydrogen-bond donors (Lipinski definition) is 2. The molecule has 10 rings (SSSR count). The molecule has 0 amide bonds. The second-order valence-electron chi connectivity index (χ2n) is 18.7. The molecular weight excluding hydrogens is 712 g/mol. The minimum Gasteiger partial charge on any atom is -0.394 e. The van der Waals surface area contributed by atoms with Crippen molar-refractivity contribution >= 4 is 0 Å². The summed E-state index contributed by atoms with van der Waals surface area (Å²) >= 11 is 0. The van der Waals surface area contributed by atoms with Crippen molar-refractivity contribution in [1.29, 1.82) is 0 Å². The number of aliphatic hydroxyl groups excluding tert-OH is 2. The minimum absolute atomic E-state index is 0.00101. The maximum atomic E-state index is 10.3. The highest BCUT2D eigenvalue weighted by Crippen LogP contribution is 2.54. The van der Waals surface area contributed by atoms with Gasteiger partial charge in [0.15, 0.2) is 5.79 Å². The van der Waals surface area contributed by atoms with Gasteiger partial charge in [0.1, 0.15) is 30.5 Å². The second-order valence-corrected chi connectivity index (χ2v) is 18.7. The van der Waals surface area contributed by atoms with Crippen LogP contribution in [0, 0.1) is 17.8 Å². The normalized spacial score (nSPS) is 47.3. The van der Waals surface area contributed by atoms with Gasteiger partial charge in [0.05, 0.1) is 67.6 Å². The van der Waals surface area contributed by atoms with Gasteiger partial charge >= 0.3 is 0 Å². The predicted molar refractivity (Wildman–Crippen MR) is 209 cm³/mol. The van der Waals surface area contributed by atoms with E-state index in [0.29, 0.717) is 12.3 Å². The molecule has 2 N–H and O–H groups in total. The Bertz CT molecular complexity index is 1540. The minimum atomic E-state index is -0.785. The molecule has 56 heavy (non-hydrogen) atoms. The molecule has 0 aromatic heterocycles. The largest absolute Gasteiger partial charge is 0.394 e. The van der Waals surface area contributed by atoms with Crippen LogP contribution >= 0.6 is 0 Å². The number of fused-ring (bicyclic) bond motifs is 1. The van der Waals surface area contributed by atoms with Gasteiger partial charge in [-0.25, -0.2) is 0 Å². The number of benzene rings is 1. The zero-order valence-corrected chi connectivity index (χ0v) is 33.8. The summed E-state index contributed by atoms with van der Waals surface area (Å²) in [5.41, 5.74) is 3.59. The van der Waals surface area contributed by atoms with E-state index in [9.17, 15) is 10.2 Å². The number of ether oxygens (including phenoxy) is 8. The standard InChI is InChI=1S/C46H66O10/c1-6-31-12-15-36-41(51-31)45-44-43(53-36)42-40(54-44)23-46(55-42,56-45)17-16-33-19-26(3)35(49-33)14-13-32-18-25(2)27(4)38(50-32)22-39-34(20-29-10-8-7-9-11-29)28(5)37(52-39)21-30(48)24-47/h7-11,25,28,30-45,47-48H,3-4,6,12-24H2,1-2,5H3/t25-,28-,30+,31+,32+,33+,34-,35?,36+,37-,38?,39+,40?,41+,42+,43+,44?,45+,46+/m1/s1. The molecule has 10 heteroatoms. The van der Waals surface area contributed by atoms with Crippen LogP contribution in [0.5, 0.6) is 0 Å². The number of aliphatic hydroxyl groups is 2. The topological polar surface area (TPSA) is 114 Å². The molecule has 19 atom stereocenters. The maximum Gasteiger partial charge on any atom is 0.172 e. The monoisotopic (exact) mass is 778 g/mol. The van der Waals surface area contributed by atoms with Crippen LogP contribution in [0.25, 0.3) is 0 Å². The highest BCUT2D eigenvalue weighted by Gasteiger charge is 2.68. The van der Waals surface area contributed by atoms with Crippen LogP contribution in [0.1, 0.15) is 103 Å². The Kier molecular flexibility index (Phi) is 11.6. The molecule has 4 unspecified atom stereocenters. The lowest BCUT2D eigenvalue weighted by Gasteiger charge is -2.47. The summed E-state index contributed by atoms with van der Waals surface area (Å²) in [6, 6.07) is 10.6. The lowest BCUT2D eigenvalue weighted by atomic mass is 9.79. The van der Waals surface area contributed by atoms with E-state index < -0.39 is 11.9 Å².